The van der Waals surface area contributed by atoms with Crippen LogP contribution in [0.2, 0.25) is 0 Å². The van der Waals surface area contributed by atoms with E-state index in [4.69, 9.17) is 0 Å². The topological polar surface area (TPSA) is 65.6 Å². The molecule has 82 valence electrons. The predicted molar refractivity (Wildman–Crippen MR) is 55.5 cm³/mol. The Morgan fingerprint density at radius 3 is 3.00 bits per heavy atom. The fourth-order valence-corrected chi connectivity index (χ4v) is 1.72. The Kier molecular flexibility index (Phi) is 1.89. The molecule has 0 aromatic carbocycles. The number of hydrogen-bond donors (Lipinski definition) is 0. The molecule has 3 rings (SSSR count). The quantitative estimate of drug-likeness (QED) is 0.709. The van der Waals surface area contributed by atoms with Gasteiger partial charge < -0.3 is 0 Å². The summed E-state index contributed by atoms with van der Waals surface area (Å²) in [7, 11) is 1.78. The highest BCUT2D eigenvalue weighted by Gasteiger charge is 2.28. The average molecular weight is 217 g/mol. The second kappa shape index (κ2) is 3.26. The Morgan fingerprint density at radius 2 is 2.31 bits per heavy atom. The molecule has 0 bridgehead atoms. The minimum absolute atomic E-state index is 0.508. The van der Waals surface area contributed by atoms with Gasteiger partial charge in [-0.15, -0.1) is 5.10 Å². The summed E-state index contributed by atoms with van der Waals surface area (Å²) < 4.78 is 3.24. The third kappa shape index (κ3) is 1.34. The zero-order chi connectivity index (χ0) is 11.1. The third-order valence-electron chi connectivity index (χ3n) is 2.73. The van der Waals surface area contributed by atoms with Crippen LogP contribution in [0.5, 0.6) is 0 Å². The molecule has 0 atom stereocenters. The van der Waals surface area contributed by atoms with E-state index in [1.165, 1.54) is 6.20 Å². The number of aldehydes is 1. The number of hydrogen-bond acceptors (Lipinski definition) is 4. The van der Waals surface area contributed by atoms with Crippen molar-refractivity contribution < 1.29 is 4.79 Å². The highest BCUT2D eigenvalue weighted by molar-refractivity contribution is 5.79. The van der Waals surface area contributed by atoms with Crippen LogP contribution >= 0.6 is 0 Å². The van der Waals surface area contributed by atoms with Crippen LogP contribution in [-0.2, 0) is 7.05 Å². The zero-order valence-corrected chi connectivity index (χ0v) is 8.87. The average Bonchev–Trinajstić information content (AvgIpc) is 2.91. The third-order valence-corrected chi connectivity index (χ3v) is 2.73. The fourth-order valence-electron chi connectivity index (χ4n) is 1.72. The number of carbonyl (C=O) groups is 1. The first-order valence-electron chi connectivity index (χ1n) is 5.18. The van der Waals surface area contributed by atoms with Gasteiger partial charge in [0.05, 0.1) is 11.8 Å². The molecule has 16 heavy (non-hydrogen) atoms. The van der Waals surface area contributed by atoms with Crippen LogP contribution < -0.4 is 0 Å². The number of carbonyl (C=O) groups excluding carboxylic acids is 1. The summed E-state index contributed by atoms with van der Waals surface area (Å²) in [6.45, 7) is 0. The van der Waals surface area contributed by atoms with Crippen LogP contribution in [0.3, 0.4) is 0 Å². The molecule has 0 N–H and O–H groups in total. The van der Waals surface area contributed by atoms with Crippen molar-refractivity contribution in [3.63, 3.8) is 0 Å². The van der Waals surface area contributed by atoms with E-state index < -0.39 is 0 Å². The SMILES string of the molecule is Cn1ncc(C=O)c1-n1cnc(C2CC2)n1. The second-order valence-corrected chi connectivity index (χ2v) is 3.99. The van der Waals surface area contributed by atoms with Gasteiger partial charge in [-0.05, 0) is 12.8 Å². The van der Waals surface area contributed by atoms with E-state index in [2.05, 4.69) is 15.2 Å². The van der Waals surface area contributed by atoms with Crippen LogP contribution in [0.4, 0.5) is 0 Å². The summed E-state index contributed by atoms with van der Waals surface area (Å²) in [5.74, 6) is 2.03. The molecule has 6 nitrogen and oxygen atoms in total. The number of nitrogens with zero attached hydrogens (tertiary/aromatic N) is 5. The Labute approximate surface area is 91.9 Å². The summed E-state index contributed by atoms with van der Waals surface area (Å²) >= 11 is 0. The van der Waals surface area contributed by atoms with Crippen LogP contribution in [0.15, 0.2) is 12.5 Å². The zero-order valence-electron chi connectivity index (χ0n) is 8.87. The standard InChI is InChI=1S/C10H11N5O/c1-14-10(8(5-16)4-12-14)15-6-11-9(13-15)7-2-3-7/h4-7H,2-3H2,1H3. The van der Waals surface area contributed by atoms with E-state index >= 15 is 0 Å². The minimum atomic E-state index is 0.508. The molecule has 2 heterocycles. The van der Waals surface area contributed by atoms with E-state index in [0.717, 1.165) is 25.0 Å². The first-order valence-corrected chi connectivity index (χ1v) is 5.18. The maximum absolute atomic E-state index is 10.9. The van der Waals surface area contributed by atoms with Gasteiger partial charge in [0, 0.05) is 13.0 Å². The van der Waals surface area contributed by atoms with Gasteiger partial charge in [0.15, 0.2) is 17.9 Å². The number of rotatable bonds is 3. The molecular weight excluding hydrogens is 206 g/mol. The molecule has 0 aliphatic heterocycles. The van der Waals surface area contributed by atoms with Crippen molar-refractivity contribution >= 4 is 6.29 Å². The van der Waals surface area contributed by atoms with Crippen LogP contribution in [0, 0.1) is 0 Å². The van der Waals surface area contributed by atoms with Crippen molar-refractivity contribution in [2.24, 2.45) is 7.05 Å². The smallest absolute Gasteiger partial charge is 0.164 e. The highest BCUT2D eigenvalue weighted by atomic mass is 16.1. The van der Waals surface area contributed by atoms with Crippen LogP contribution in [0.1, 0.15) is 34.9 Å². The maximum atomic E-state index is 10.9. The van der Waals surface area contributed by atoms with E-state index in [9.17, 15) is 4.79 Å². The van der Waals surface area contributed by atoms with E-state index in [-0.39, 0.29) is 0 Å². The molecular formula is C10H11N5O. The van der Waals surface area contributed by atoms with E-state index in [1.54, 1.807) is 22.7 Å². The van der Waals surface area contributed by atoms with Gasteiger partial charge in [0.1, 0.15) is 6.33 Å². The Morgan fingerprint density at radius 1 is 1.50 bits per heavy atom. The molecule has 0 radical (unpaired) electrons. The lowest BCUT2D eigenvalue weighted by atomic mass is 10.4. The lowest BCUT2D eigenvalue weighted by Crippen LogP contribution is -2.06. The molecule has 0 unspecified atom stereocenters. The normalized spacial score (nSPS) is 15.3. The summed E-state index contributed by atoms with van der Waals surface area (Å²) in [5, 5.41) is 8.40. The van der Waals surface area contributed by atoms with Gasteiger partial charge in [-0.1, -0.05) is 0 Å². The second-order valence-electron chi connectivity index (χ2n) is 3.99. The van der Waals surface area contributed by atoms with Crippen LogP contribution in [-0.4, -0.2) is 30.8 Å². The molecule has 6 heteroatoms. The van der Waals surface area contributed by atoms with Gasteiger partial charge in [0.25, 0.3) is 0 Å². The van der Waals surface area contributed by atoms with Crippen molar-refractivity contribution in [3.05, 3.63) is 23.9 Å². The van der Waals surface area contributed by atoms with Crippen molar-refractivity contribution in [1.82, 2.24) is 24.5 Å². The van der Waals surface area contributed by atoms with Crippen molar-refractivity contribution in [2.75, 3.05) is 0 Å². The van der Waals surface area contributed by atoms with Gasteiger partial charge in [-0.3, -0.25) is 9.48 Å². The lowest BCUT2D eigenvalue weighted by Gasteiger charge is -2.01. The Balaban J connectivity index is 2.05. The van der Waals surface area contributed by atoms with Gasteiger partial charge in [0.2, 0.25) is 0 Å². The number of aryl methyl sites for hydroxylation is 1. The predicted octanol–water partition coefficient (Wildman–Crippen LogP) is 0.691. The molecule has 1 fully saturated rings. The van der Waals surface area contributed by atoms with Crippen molar-refractivity contribution in [1.29, 1.82) is 0 Å². The van der Waals surface area contributed by atoms with E-state index in [1.807, 2.05) is 0 Å². The van der Waals surface area contributed by atoms with Crippen molar-refractivity contribution in [2.45, 2.75) is 18.8 Å². The Hall–Kier alpha value is -1.98. The van der Waals surface area contributed by atoms with Gasteiger partial charge in [-0.25, -0.2) is 9.67 Å². The molecule has 0 amide bonds. The van der Waals surface area contributed by atoms with Gasteiger partial charge >= 0.3 is 0 Å². The summed E-state index contributed by atoms with van der Waals surface area (Å²) in [6.07, 6.45) is 6.27. The minimum Gasteiger partial charge on any atom is -0.298 e. The molecule has 2 aromatic heterocycles. The molecule has 2 aromatic rings. The van der Waals surface area contributed by atoms with Gasteiger partial charge in [-0.2, -0.15) is 5.10 Å². The fraction of sp³-hybridized carbons (Fsp3) is 0.400. The number of aromatic nitrogens is 5. The maximum Gasteiger partial charge on any atom is 0.164 e. The Bertz CT molecular complexity index is 537. The molecule has 1 saturated carbocycles. The summed E-state index contributed by atoms with van der Waals surface area (Å²) in [4.78, 5) is 15.1. The molecule has 0 saturated heterocycles. The largest absolute Gasteiger partial charge is 0.298 e. The highest BCUT2D eigenvalue weighted by Crippen LogP contribution is 2.37. The molecule has 0 spiro atoms. The molecule has 1 aliphatic carbocycles. The van der Waals surface area contributed by atoms with E-state index in [0.29, 0.717) is 17.3 Å². The summed E-state index contributed by atoms with van der Waals surface area (Å²) in [5.41, 5.74) is 0.523. The molecule has 1 aliphatic rings. The monoisotopic (exact) mass is 217 g/mol. The van der Waals surface area contributed by atoms with Crippen LogP contribution in [0.25, 0.3) is 5.82 Å². The first-order chi connectivity index (χ1) is 7.79. The van der Waals surface area contributed by atoms with Crippen molar-refractivity contribution in [3.8, 4) is 5.82 Å². The summed E-state index contributed by atoms with van der Waals surface area (Å²) in [6, 6.07) is 0. The lowest BCUT2D eigenvalue weighted by molar-refractivity contribution is 0.112. The first kappa shape index (κ1) is 9.26.